The maximum Gasteiger partial charge on any atom is 0.118 e. The predicted molar refractivity (Wildman–Crippen MR) is 63.4 cm³/mol. The molecule has 1 fully saturated rings. The number of benzene rings is 1. The minimum Gasteiger partial charge on any atom is -0.497 e. The standard InChI is InChI=1S/C13H19NO2/c1-16-12-6-2-10(3-7-12)8-14-9-13(15)11-4-5-11/h2-3,6-7,11,13-15H,4-5,8-9H2,1H3. The molecule has 1 aromatic rings. The number of ether oxygens (including phenoxy) is 1. The van der Waals surface area contributed by atoms with Crippen molar-refractivity contribution in [2.75, 3.05) is 13.7 Å². The normalized spacial score (nSPS) is 17.1. The number of rotatable bonds is 6. The molecule has 0 bridgehead atoms. The lowest BCUT2D eigenvalue weighted by atomic mass is 10.2. The van der Waals surface area contributed by atoms with Crippen LogP contribution in [0.2, 0.25) is 0 Å². The molecule has 1 unspecified atom stereocenters. The molecule has 2 N–H and O–H groups in total. The minimum absolute atomic E-state index is 0.168. The van der Waals surface area contributed by atoms with Gasteiger partial charge in [-0.2, -0.15) is 0 Å². The van der Waals surface area contributed by atoms with Gasteiger partial charge in [0.1, 0.15) is 5.75 Å². The van der Waals surface area contributed by atoms with Gasteiger partial charge in [-0.3, -0.25) is 0 Å². The topological polar surface area (TPSA) is 41.5 Å². The number of hydrogen-bond donors (Lipinski definition) is 2. The predicted octanol–water partition coefficient (Wildman–Crippen LogP) is 1.56. The summed E-state index contributed by atoms with van der Waals surface area (Å²) in [5.41, 5.74) is 1.21. The van der Waals surface area contributed by atoms with Crippen molar-refractivity contribution >= 4 is 0 Å². The van der Waals surface area contributed by atoms with Gasteiger partial charge in [0.15, 0.2) is 0 Å². The summed E-state index contributed by atoms with van der Waals surface area (Å²) in [6.45, 7) is 1.49. The zero-order valence-corrected chi connectivity index (χ0v) is 9.65. The van der Waals surface area contributed by atoms with Gasteiger partial charge in [0.2, 0.25) is 0 Å². The number of aliphatic hydroxyl groups is 1. The van der Waals surface area contributed by atoms with Crippen molar-refractivity contribution in [1.82, 2.24) is 5.32 Å². The summed E-state index contributed by atoms with van der Waals surface area (Å²) in [7, 11) is 1.67. The van der Waals surface area contributed by atoms with Gasteiger partial charge >= 0.3 is 0 Å². The Balaban J connectivity index is 1.71. The van der Waals surface area contributed by atoms with Gasteiger partial charge in [-0.05, 0) is 36.5 Å². The van der Waals surface area contributed by atoms with E-state index in [2.05, 4.69) is 5.32 Å². The summed E-state index contributed by atoms with van der Waals surface area (Å²) in [6, 6.07) is 7.98. The first-order chi connectivity index (χ1) is 7.79. The van der Waals surface area contributed by atoms with Gasteiger partial charge in [-0.25, -0.2) is 0 Å². The molecule has 0 heterocycles. The number of nitrogens with one attached hydrogen (secondary N) is 1. The fourth-order valence-electron chi connectivity index (χ4n) is 1.76. The second-order valence-corrected chi connectivity index (χ2v) is 4.38. The molecule has 0 aliphatic heterocycles. The van der Waals surface area contributed by atoms with Crippen LogP contribution in [0.3, 0.4) is 0 Å². The third-order valence-electron chi connectivity index (χ3n) is 3.01. The third-order valence-corrected chi connectivity index (χ3v) is 3.01. The average Bonchev–Trinajstić information content (AvgIpc) is 3.14. The maximum absolute atomic E-state index is 9.67. The minimum atomic E-state index is -0.168. The Bertz CT molecular complexity index is 319. The van der Waals surface area contributed by atoms with Gasteiger partial charge in [-0.1, -0.05) is 12.1 Å². The van der Waals surface area contributed by atoms with E-state index in [0.29, 0.717) is 12.5 Å². The van der Waals surface area contributed by atoms with E-state index in [4.69, 9.17) is 4.74 Å². The largest absolute Gasteiger partial charge is 0.497 e. The van der Waals surface area contributed by atoms with E-state index in [1.54, 1.807) is 7.11 Å². The van der Waals surface area contributed by atoms with Crippen molar-refractivity contribution in [1.29, 1.82) is 0 Å². The van der Waals surface area contributed by atoms with Crippen molar-refractivity contribution in [3.05, 3.63) is 29.8 Å². The van der Waals surface area contributed by atoms with E-state index in [9.17, 15) is 5.11 Å². The van der Waals surface area contributed by atoms with Crippen LogP contribution in [0.1, 0.15) is 18.4 Å². The van der Waals surface area contributed by atoms with Crippen molar-refractivity contribution in [2.45, 2.75) is 25.5 Å². The highest BCUT2D eigenvalue weighted by atomic mass is 16.5. The first-order valence-electron chi connectivity index (χ1n) is 5.81. The van der Waals surface area contributed by atoms with Crippen LogP contribution in [0, 0.1) is 5.92 Å². The summed E-state index contributed by atoms with van der Waals surface area (Å²) in [6.07, 6.45) is 2.20. The second kappa shape index (κ2) is 5.32. The van der Waals surface area contributed by atoms with E-state index in [1.165, 1.54) is 18.4 Å². The Hall–Kier alpha value is -1.06. The fourth-order valence-corrected chi connectivity index (χ4v) is 1.76. The van der Waals surface area contributed by atoms with Gasteiger partial charge in [0, 0.05) is 13.1 Å². The Morgan fingerprint density at radius 3 is 2.62 bits per heavy atom. The molecule has 0 amide bonds. The van der Waals surface area contributed by atoms with Crippen molar-refractivity contribution in [3.63, 3.8) is 0 Å². The van der Waals surface area contributed by atoms with Crippen LogP contribution < -0.4 is 10.1 Å². The Morgan fingerprint density at radius 2 is 2.06 bits per heavy atom. The molecular formula is C13H19NO2. The molecule has 88 valence electrons. The van der Waals surface area contributed by atoms with E-state index in [-0.39, 0.29) is 6.10 Å². The Morgan fingerprint density at radius 1 is 1.38 bits per heavy atom. The molecule has 1 atom stereocenters. The van der Waals surface area contributed by atoms with Crippen LogP contribution in [0.4, 0.5) is 0 Å². The summed E-state index contributed by atoms with van der Waals surface area (Å²) < 4.78 is 5.09. The molecule has 1 aliphatic rings. The smallest absolute Gasteiger partial charge is 0.118 e. The summed E-state index contributed by atoms with van der Waals surface area (Å²) in [5, 5.41) is 12.9. The molecule has 0 radical (unpaired) electrons. The van der Waals surface area contributed by atoms with E-state index < -0.39 is 0 Å². The van der Waals surface area contributed by atoms with E-state index in [1.807, 2.05) is 24.3 Å². The molecular weight excluding hydrogens is 202 g/mol. The molecule has 1 aliphatic carbocycles. The first kappa shape index (κ1) is 11.4. The highest BCUT2D eigenvalue weighted by molar-refractivity contribution is 5.26. The van der Waals surface area contributed by atoms with Gasteiger partial charge in [0.05, 0.1) is 13.2 Å². The first-order valence-corrected chi connectivity index (χ1v) is 5.81. The lowest BCUT2D eigenvalue weighted by molar-refractivity contribution is 0.148. The van der Waals surface area contributed by atoms with Crippen molar-refractivity contribution in [3.8, 4) is 5.75 Å². The average molecular weight is 221 g/mol. The zero-order chi connectivity index (χ0) is 11.4. The highest BCUT2D eigenvalue weighted by Crippen LogP contribution is 2.32. The van der Waals surface area contributed by atoms with Crippen molar-refractivity contribution < 1.29 is 9.84 Å². The lowest BCUT2D eigenvalue weighted by Gasteiger charge is -2.10. The molecule has 2 rings (SSSR count). The second-order valence-electron chi connectivity index (χ2n) is 4.38. The zero-order valence-electron chi connectivity index (χ0n) is 9.65. The monoisotopic (exact) mass is 221 g/mol. The summed E-state index contributed by atoms with van der Waals surface area (Å²) in [5.74, 6) is 1.42. The SMILES string of the molecule is COc1ccc(CNCC(O)C2CC2)cc1. The summed E-state index contributed by atoms with van der Waals surface area (Å²) >= 11 is 0. The molecule has 1 aromatic carbocycles. The molecule has 0 saturated heterocycles. The summed E-state index contributed by atoms with van der Waals surface area (Å²) in [4.78, 5) is 0. The molecule has 1 saturated carbocycles. The van der Waals surface area contributed by atoms with Crippen LogP contribution in [-0.2, 0) is 6.54 Å². The van der Waals surface area contributed by atoms with Crippen LogP contribution in [0.25, 0.3) is 0 Å². The quantitative estimate of drug-likeness (QED) is 0.766. The van der Waals surface area contributed by atoms with E-state index >= 15 is 0 Å². The van der Waals surface area contributed by atoms with Gasteiger partial charge in [-0.15, -0.1) is 0 Å². The molecule has 3 nitrogen and oxygen atoms in total. The number of hydrogen-bond acceptors (Lipinski definition) is 3. The number of aliphatic hydroxyl groups excluding tert-OH is 1. The van der Waals surface area contributed by atoms with Crippen molar-refractivity contribution in [2.24, 2.45) is 5.92 Å². The van der Waals surface area contributed by atoms with Gasteiger partial charge in [0.25, 0.3) is 0 Å². The highest BCUT2D eigenvalue weighted by Gasteiger charge is 2.28. The van der Waals surface area contributed by atoms with Crippen LogP contribution >= 0.6 is 0 Å². The molecule has 16 heavy (non-hydrogen) atoms. The molecule has 3 heteroatoms. The molecule has 0 spiro atoms. The third kappa shape index (κ3) is 3.22. The fraction of sp³-hybridized carbons (Fsp3) is 0.538. The Labute approximate surface area is 96.4 Å². The molecule has 0 aromatic heterocycles. The maximum atomic E-state index is 9.67. The van der Waals surface area contributed by atoms with E-state index in [0.717, 1.165) is 12.3 Å². The van der Waals surface area contributed by atoms with Crippen LogP contribution in [0.15, 0.2) is 24.3 Å². The lowest BCUT2D eigenvalue weighted by Crippen LogP contribution is -2.27. The van der Waals surface area contributed by atoms with Crippen LogP contribution in [0.5, 0.6) is 5.75 Å². The van der Waals surface area contributed by atoms with Crippen LogP contribution in [-0.4, -0.2) is 24.9 Å². The Kier molecular flexibility index (Phi) is 3.80. The number of methoxy groups -OCH3 is 1. The van der Waals surface area contributed by atoms with Gasteiger partial charge < -0.3 is 15.2 Å².